The normalized spacial score (nSPS) is 18.5. The number of alkyl halides is 2. The average molecular weight is 504 g/mol. The van der Waals surface area contributed by atoms with Gasteiger partial charge in [0.2, 0.25) is 0 Å². The largest absolute Gasteiger partial charge is 0.378 e. The van der Waals surface area contributed by atoms with Gasteiger partial charge in [0.25, 0.3) is 12.0 Å². The second-order valence-electron chi connectivity index (χ2n) is 9.28. The van der Waals surface area contributed by atoms with Crippen LogP contribution in [0.4, 0.5) is 19.0 Å². The van der Waals surface area contributed by atoms with Crippen molar-refractivity contribution in [2.75, 3.05) is 38.7 Å². The molecule has 0 radical (unpaired) electrons. The molecule has 0 spiro atoms. The summed E-state index contributed by atoms with van der Waals surface area (Å²) in [6, 6.07) is 6.06. The maximum Gasteiger partial charge on any atom is 0.266 e. The summed E-state index contributed by atoms with van der Waals surface area (Å²) in [5.41, 5.74) is -0.620. The number of nitrogens with zero attached hydrogens (tertiary/aromatic N) is 4. The smallest absolute Gasteiger partial charge is 0.266 e. The summed E-state index contributed by atoms with van der Waals surface area (Å²) in [4.78, 5) is 24.4. The van der Waals surface area contributed by atoms with E-state index in [2.05, 4.69) is 20.2 Å². The highest BCUT2D eigenvalue weighted by molar-refractivity contribution is 5.87. The molecule has 0 aliphatic carbocycles. The number of aryl methyl sites for hydroxylation is 1. The van der Waals surface area contributed by atoms with Crippen molar-refractivity contribution in [3.8, 4) is 0 Å². The van der Waals surface area contributed by atoms with E-state index in [-0.39, 0.29) is 17.7 Å². The number of likely N-dealkylation sites (tertiary alicyclic amines) is 1. The Bertz CT molecular complexity index is 1320. The van der Waals surface area contributed by atoms with E-state index in [0.29, 0.717) is 41.3 Å². The molecule has 2 aliphatic heterocycles. The molecule has 4 heterocycles. The predicted octanol–water partition coefficient (Wildman–Crippen LogP) is 3.35. The number of aromatic nitrogens is 3. The summed E-state index contributed by atoms with van der Waals surface area (Å²) in [6.07, 6.45) is -0.317. The number of benzene rings is 1. The first-order valence-corrected chi connectivity index (χ1v) is 11.9. The Kier molecular flexibility index (Phi) is 6.71. The highest BCUT2D eigenvalue weighted by atomic mass is 19.3. The van der Waals surface area contributed by atoms with E-state index in [1.165, 1.54) is 23.0 Å². The molecule has 0 unspecified atom stereocenters. The van der Waals surface area contributed by atoms with Gasteiger partial charge < -0.3 is 14.8 Å². The van der Waals surface area contributed by atoms with Crippen molar-refractivity contribution in [2.24, 2.45) is 7.05 Å². The van der Waals surface area contributed by atoms with Gasteiger partial charge in [0, 0.05) is 39.4 Å². The molecule has 2 aromatic heterocycles. The Morgan fingerprint density at radius 2 is 2.00 bits per heavy atom. The van der Waals surface area contributed by atoms with E-state index in [0.717, 1.165) is 32.4 Å². The van der Waals surface area contributed by atoms with Gasteiger partial charge >= 0.3 is 0 Å². The second-order valence-corrected chi connectivity index (χ2v) is 9.28. The lowest BCUT2D eigenvalue weighted by Gasteiger charge is -2.45. The molecule has 36 heavy (non-hydrogen) atoms. The summed E-state index contributed by atoms with van der Waals surface area (Å²) < 4.78 is 53.5. The van der Waals surface area contributed by atoms with E-state index in [9.17, 15) is 18.0 Å². The Hall–Kier alpha value is -3.02. The van der Waals surface area contributed by atoms with Crippen molar-refractivity contribution in [1.82, 2.24) is 19.4 Å². The molecular weight excluding hydrogens is 475 g/mol. The lowest BCUT2D eigenvalue weighted by Crippen LogP contribution is -2.55. The summed E-state index contributed by atoms with van der Waals surface area (Å²) >= 11 is 0. The molecule has 0 saturated carbocycles. The average Bonchev–Trinajstić information content (AvgIpc) is 2.85. The number of hydrogen-bond acceptors (Lipinski definition) is 7. The quantitative estimate of drug-likeness (QED) is 0.530. The molecule has 3 aromatic rings. The van der Waals surface area contributed by atoms with Crippen molar-refractivity contribution < 1.29 is 22.6 Å². The van der Waals surface area contributed by atoms with E-state index < -0.39 is 23.4 Å². The molecule has 11 heteroatoms. The van der Waals surface area contributed by atoms with Crippen LogP contribution >= 0.6 is 0 Å². The SMILES string of the molecule is COC1(c2cc3c(NCc4cccc(C(F)F)c4F)ncnc3n(C)c2=O)CCN(C2COC2)CC1. The van der Waals surface area contributed by atoms with Gasteiger partial charge in [0.15, 0.2) is 0 Å². The zero-order chi connectivity index (χ0) is 25.4. The number of nitrogens with one attached hydrogen (secondary N) is 1. The first-order chi connectivity index (χ1) is 17.3. The van der Waals surface area contributed by atoms with Crippen LogP contribution in [0.1, 0.15) is 36.0 Å². The zero-order valence-electron chi connectivity index (χ0n) is 20.1. The molecule has 0 amide bonds. The minimum absolute atomic E-state index is 0.0650. The van der Waals surface area contributed by atoms with Crippen molar-refractivity contribution in [2.45, 2.75) is 37.5 Å². The standard InChI is InChI=1S/C25H28F3N5O3/c1-32-23-18(22(30-14-31-23)29-11-15-4-3-5-17(20(15)26)21(27)28)10-19(24(32)34)25(35-2)6-8-33(9-7-25)16-12-36-13-16/h3-5,10,14,16,21H,6-9,11-13H2,1-2H3,(H,29,30,31). The molecule has 1 aromatic carbocycles. The van der Waals surface area contributed by atoms with Crippen molar-refractivity contribution in [1.29, 1.82) is 0 Å². The first kappa shape index (κ1) is 24.7. The lowest BCUT2D eigenvalue weighted by molar-refractivity contribution is -0.113. The molecule has 2 aliphatic rings. The number of anilines is 1. The Morgan fingerprint density at radius 3 is 2.64 bits per heavy atom. The number of fused-ring (bicyclic) bond motifs is 1. The molecule has 2 saturated heterocycles. The van der Waals surface area contributed by atoms with Crippen LogP contribution in [0.15, 0.2) is 35.4 Å². The minimum Gasteiger partial charge on any atom is -0.378 e. The molecule has 0 bridgehead atoms. The minimum atomic E-state index is -2.91. The molecule has 1 N–H and O–H groups in total. The van der Waals surface area contributed by atoms with Gasteiger partial charge in [-0.2, -0.15) is 0 Å². The van der Waals surface area contributed by atoms with Crippen LogP contribution in [0, 0.1) is 5.82 Å². The summed E-state index contributed by atoms with van der Waals surface area (Å²) in [6.45, 7) is 2.94. The zero-order valence-corrected chi connectivity index (χ0v) is 20.1. The van der Waals surface area contributed by atoms with Crippen LogP contribution in [-0.2, 0) is 28.7 Å². The summed E-state index contributed by atoms with van der Waals surface area (Å²) in [5, 5.41) is 3.60. The monoisotopic (exact) mass is 503 g/mol. The van der Waals surface area contributed by atoms with Gasteiger partial charge in [-0.05, 0) is 18.9 Å². The fourth-order valence-electron chi connectivity index (χ4n) is 5.09. The van der Waals surface area contributed by atoms with Crippen LogP contribution in [-0.4, -0.2) is 58.9 Å². The van der Waals surface area contributed by atoms with Gasteiger partial charge in [-0.3, -0.25) is 14.3 Å². The highest BCUT2D eigenvalue weighted by Gasteiger charge is 2.41. The molecule has 8 nitrogen and oxygen atoms in total. The fraction of sp³-hybridized carbons (Fsp3) is 0.480. The molecule has 5 rings (SSSR count). The van der Waals surface area contributed by atoms with E-state index >= 15 is 0 Å². The Labute approximate surface area is 206 Å². The van der Waals surface area contributed by atoms with Crippen molar-refractivity contribution >= 4 is 16.9 Å². The van der Waals surface area contributed by atoms with Crippen molar-refractivity contribution in [3.63, 3.8) is 0 Å². The topological polar surface area (TPSA) is 81.5 Å². The lowest BCUT2D eigenvalue weighted by atomic mass is 9.83. The number of methoxy groups -OCH3 is 1. The molecular formula is C25H28F3N5O3. The second kappa shape index (κ2) is 9.79. The predicted molar refractivity (Wildman–Crippen MR) is 128 cm³/mol. The van der Waals surface area contributed by atoms with Crippen molar-refractivity contribution in [3.05, 3.63) is 63.5 Å². The van der Waals surface area contributed by atoms with Gasteiger partial charge in [-0.1, -0.05) is 18.2 Å². The number of hydrogen-bond donors (Lipinski definition) is 1. The third-order valence-corrected chi connectivity index (χ3v) is 7.42. The van der Waals surface area contributed by atoms with Crippen LogP contribution in [0.2, 0.25) is 0 Å². The molecule has 192 valence electrons. The van der Waals surface area contributed by atoms with Gasteiger partial charge in [-0.15, -0.1) is 0 Å². The van der Waals surface area contributed by atoms with E-state index in [1.807, 2.05) is 0 Å². The number of ether oxygens (including phenoxy) is 2. The highest BCUT2D eigenvalue weighted by Crippen LogP contribution is 2.37. The third-order valence-electron chi connectivity index (χ3n) is 7.42. The molecule has 2 fully saturated rings. The van der Waals surface area contributed by atoms with Gasteiger partial charge in [0.1, 0.15) is 29.2 Å². The maximum atomic E-state index is 14.6. The number of rotatable bonds is 7. The van der Waals surface area contributed by atoms with E-state index in [4.69, 9.17) is 9.47 Å². The van der Waals surface area contributed by atoms with Gasteiger partial charge in [-0.25, -0.2) is 23.1 Å². The van der Waals surface area contributed by atoms with E-state index in [1.54, 1.807) is 20.2 Å². The third kappa shape index (κ3) is 4.25. The van der Waals surface area contributed by atoms with Gasteiger partial charge in [0.05, 0.1) is 35.8 Å². The molecule has 0 atom stereocenters. The maximum absolute atomic E-state index is 14.6. The Balaban J connectivity index is 1.48. The number of pyridine rings is 1. The van der Waals surface area contributed by atoms with Crippen LogP contribution < -0.4 is 10.9 Å². The number of halogens is 3. The Morgan fingerprint density at radius 1 is 1.25 bits per heavy atom. The first-order valence-electron chi connectivity index (χ1n) is 11.9. The van der Waals surface area contributed by atoms with Crippen LogP contribution in [0.5, 0.6) is 0 Å². The number of piperidine rings is 1. The van der Waals surface area contributed by atoms with Crippen LogP contribution in [0.25, 0.3) is 11.0 Å². The van der Waals surface area contributed by atoms with Crippen LogP contribution in [0.3, 0.4) is 0 Å². The summed E-state index contributed by atoms with van der Waals surface area (Å²) in [7, 11) is 3.26. The summed E-state index contributed by atoms with van der Waals surface area (Å²) in [5.74, 6) is -0.581. The fourth-order valence-corrected chi connectivity index (χ4v) is 5.09.